The van der Waals surface area contributed by atoms with Gasteiger partial charge in [0.05, 0.1) is 0 Å². The first-order valence-corrected chi connectivity index (χ1v) is 6.22. The lowest BCUT2D eigenvalue weighted by molar-refractivity contribution is 0.0784. The van der Waals surface area contributed by atoms with Gasteiger partial charge in [-0.15, -0.1) is 0 Å². The third-order valence-corrected chi connectivity index (χ3v) is 3.59. The average Bonchev–Trinajstić information content (AvgIpc) is 2.77. The summed E-state index contributed by atoms with van der Waals surface area (Å²) in [4.78, 5) is 14.2. The number of nitrogen functional groups attached to an aromatic ring is 1. The van der Waals surface area contributed by atoms with Crippen molar-refractivity contribution in [2.75, 3.05) is 18.8 Å². The minimum absolute atomic E-state index is 0.112. The molecule has 0 aromatic heterocycles. The molecule has 0 bridgehead atoms. The van der Waals surface area contributed by atoms with Gasteiger partial charge in [0.2, 0.25) is 0 Å². The molecule has 92 valence electrons. The summed E-state index contributed by atoms with van der Waals surface area (Å²) in [6.45, 7) is 6.19. The molecular formula is C14H20N2O. The second-order valence-electron chi connectivity index (χ2n) is 5.17. The fourth-order valence-electron chi connectivity index (χ4n) is 2.37. The fraction of sp³-hybridized carbons (Fsp3) is 0.500. The van der Waals surface area contributed by atoms with Gasteiger partial charge in [0.15, 0.2) is 0 Å². The van der Waals surface area contributed by atoms with Crippen molar-refractivity contribution in [3.63, 3.8) is 0 Å². The van der Waals surface area contributed by atoms with Gasteiger partial charge in [-0.25, -0.2) is 0 Å². The van der Waals surface area contributed by atoms with E-state index in [0.29, 0.717) is 23.1 Å². The predicted molar refractivity (Wildman–Crippen MR) is 69.7 cm³/mol. The van der Waals surface area contributed by atoms with E-state index in [0.717, 1.165) is 19.5 Å². The van der Waals surface area contributed by atoms with Gasteiger partial charge >= 0.3 is 0 Å². The highest BCUT2D eigenvalue weighted by molar-refractivity contribution is 5.95. The number of amides is 1. The van der Waals surface area contributed by atoms with Crippen molar-refractivity contribution < 1.29 is 4.79 Å². The maximum atomic E-state index is 12.2. The Kier molecular flexibility index (Phi) is 3.36. The van der Waals surface area contributed by atoms with Crippen LogP contribution in [0.2, 0.25) is 0 Å². The van der Waals surface area contributed by atoms with Crippen LogP contribution in [0.3, 0.4) is 0 Å². The Labute approximate surface area is 103 Å². The second-order valence-corrected chi connectivity index (χ2v) is 5.17. The summed E-state index contributed by atoms with van der Waals surface area (Å²) in [5, 5.41) is 0. The van der Waals surface area contributed by atoms with Crippen molar-refractivity contribution in [2.24, 2.45) is 11.8 Å². The number of nitrogens with zero attached hydrogens (tertiary/aromatic N) is 1. The molecule has 1 aromatic rings. The Morgan fingerprint density at radius 2 is 2.24 bits per heavy atom. The third kappa shape index (κ3) is 2.60. The van der Waals surface area contributed by atoms with Gasteiger partial charge in [0.25, 0.3) is 5.91 Å². The van der Waals surface area contributed by atoms with E-state index in [1.807, 2.05) is 17.0 Å². The lowest BCUT2D eigenvalue weighted by Crippen LogP contribution is -2.29. The summed E-state index contributed by atoms with van der Waals surface area (Å²) in [5.74, 6) is 1.40. The topological polar surface area (TPSA) is 46.3 Å². The summed E-state index contributed by atoms with van der Waals surface area (Å²) in [5.41, 5.74) is 7.05. The number of rotatable bonds is 2. The first-order valence-electron chi connectivity index (χ1n) is 6.22. The smallest absolute Gasteiger partial charge is 0.253 e. The molecule has 3 nitrogen and oxygen atoms in total. The van der Waals surface area contributed by atoms with E-state index in [1.165, 1.54) is 0 Å². The zero-order valence-corrected chi connectivity index (χ0v) is 10.5. The lowest BCUT2D eigenvalue weighted by atomic mass is 9.95. The maximum Gasteiger partial charge on any atom is 0.253 e. The van der Waals surface area contributed by atoms with Gasteiger partial charge in [0.1, 0.15) is 0 Å². The minimum atomic E-state index is 0.112. The van der Waals surface area contributed by atoms with Crippen LogP contribution in [0, 0.1) is 11.8 Å². The zero-order chi connectivity index (χ0) is 12.4. The Hall–Kier alpha value is -1.51. The van der Waals surface area contributed by atoms with Crippen LogP contribution in [-0.2, 0) is 0 Å². The molecule has 1 unspecified atom stereocenters. The highest BCUT2D eigenvalue weighted by Gasteiger charge is 2.28. The second kappa shape index (κ2) is 4.78. The number of carbonyl (C=O) groups excluding carboxylic acids is 1. The van der Waals surface area contributed by atoms with Crippen molar-refractivity contribution in [2.45, 2.75) is 20.3 Å². The zero-order valence-electron chi connectivity index (χ0n) is 10.5. The molecule has 1 heterocycles. The first-order chi connectivity index (χ1) is 8.08. The number of hydrogen-bond donors (Lipinski definition) is 1. The van der Waals surface area contributed by atoms with Crippen molar-refractivity contribution in [3.05, 3.63) is 29.8 Å². The Bertz CT molecular complexity index is 414. The highest BCUT2D eigenvalue weighted by atomic mass is 16.2. The quantitative estimate of drug-likeness (QED) is 0.796. The molecule has 1 atom stereocenters. The molecule has 3 heteroatoms. The molecule has 0 radical (unpaired) electrons. The molecule has 1 aromatic carbocycles. The van der Waals surface area contributed by atoms with Crippen molar-refractivity contribution in [1.29, 1.82) is 0 Å². The van der Waals surface area contributed by atoms with Gasteiger partial charge in [-0.3, -0.25) is 4.79 Å². The van der Waals surface area contributed by atoms with Crippen LogP contribution in [-0.4, -0.2) is 23.9 Å². The molecule has 1 fully saturated rings. The summed E-state index contributed by atoms with van der Waals surface area (Å²) < 4.78 is 0. The van der Waals surface area contributed by atoms with E-state index in [-0.39, 0.29) is 5.91 Å². The van der Waals surface area contributed by atoms with E-state index >= 15 is 0 Å². The molecule has 0 spiro atoms. The average molecular weight is 232 g/mol. The van der Waals surface area contributed by atoms with Gasteiger partial charge < -0.3 is 10.6 Å². The number of likely N-dealkylation sites (tertiary alicyclic amines) is 1. The van der Waals surface area contributed by atoms with Gasteiger partial charge in [-0.05, 0) is 36.5 Å². The fourth-order valence-corrected chi connectivity index (χ4v) is 2.37. The van der Waals surface area contributed by atoms with Crippen LogP contribution in [0.5, 0.6) is 0 Å². The minimum Gasteiger partial charge on any atom is -0.399 e. The molecule has 2 N–H and O–H groups in total. The summed E-state index contributed by atoms with van der Waals surface area (Å²) in [6, 6.07) is 7.22. The number of nitrogens with two attached hydrogens (primary N) is 1. The maximum absolute atomic E-state index is 12.2. The first kappa shape index (κ1) is 12.0. The molecule has 2 rings (SSSR count). The molecule has 1 saturated heterocycles. The SMILES string of the molecule is CC(C)C1CCN(C(=O)c2cccc(N)c2)C1. The van der Waals surface area contributed by atoms with E-state index in [2.05, 4.69) is 13.8 Å². The summed E-state index contributed by atoms with van der Waals surface area (Å²) in [6.07, 6.45) is 1.12. The molecule has 17 heavy (non-hydrogen) atoms. The van der Waals surface area contributed by atoms with E-state index < -0.39 is 0 Å². The molecular weight excluding hydrogens is 212 g/mol. The highest BCUT2D eigenvalue weighted by Crippen LogP contribution is 2.25. The van der Waals surface area contributed by atoms with Gasteiger partial charge in [0, 0.05) is 24.3 Å². The van der Waals surface area contributed by atoms with Crippen molar-refractivity contribution >= 4 is 11.6 Å². The van der Waals surface area contributed by atoms with Crippen molar-refractivity contribution in [1.82, 2.24) is 4.90 Å². The van der Waals surface area contributed by atoms with Crippen LogP contribution in [0.4, 0.5) is 5.69 Å². The summed E-state index contributed by atoms with van der Waals surface area (Å²) in [7, 11) is 0. The lowest BCUT2D eigenvalue weighted by Gasteiger charge is -2.18. The van der Waals surface area contributed by atoms with Crippen LogP contribution in [0.25, 0.3) is 0 Å². The van der Waals surface area contributed by atoms with Crippen LogP contribution in [0.1, 0.15) is 30.6 Å². The normalized spacial score (nSPS) is 19.9. The van der Waals surface area contributed by atoms with Gasteiger partial charge in [-0.1, -0.05) is 19.9 Å². The third-order valence-electron chi connectivity index (χ3n) is 3.59. The Morgan fingerprint density at radius 1 is 1.47 bits per heavy atom. The molecule has 1 amide bonds. The summed E-state index contributed by atoms with van der Waals surface area (Å²) >= 11 is 0. The van der Waals surface area contributed by atoms with Crippen LogP contribution in [0.15, 0.2) is 24.3 Å². The Morgan fingerprint density at radius 3 is 2.82 bits per heavy atom. The molecule has 0 aliphatic carbocycles. The standard InChI is InChI=1S/C14H20N2O/c1-10(2)12-6-7-16(9-12)14(17)11-4-3-5-13(15)8-11/h3-5,8,10,12H,6-7,9,15H2,1-2H3. The number of hydrogen-bond acceptors (Lipinski definition) is 2. The predicted octanol–water partition coefficient (Wildman–Crippen LogP) is 2.39. The van der Waals surface area contributed by atoms with E-state index in [4.69, 9.17) is 5.73 Å². The molecule has 1 aliphatic heterocycles. The van der Waals surface area contributed by atoms with Crippen LogP contribution >= 0.6 is 0 Å². The van der Waals surface area contributed by atoms with Crippen molar-refractivity contribution in [3.8, 4) is 0 Å². The molecule has 1 aliphatic rings. The monoisotopic (exact) mass is 232 g/mol. The van der Waals surface area contributed by atoms with E-state index in [9.17, 15) is 4.79 Å². The number of carbonyl (C=O) groups is 1. The number of benzene rings is 1. The Balaban J connectivity index is 2.07. The van der Waals surface area contributed by atoms with Gasteiger partial charge in [-0.2, -0.15) is 0 Å². The van der Waals surface area contributed by atoms with E-state index in [1.54, 1.807) is 12.1 Å². The molecule has 0 saturated carbocycles. The number of anilines is 1. The largest absolute Gasteiger partial charge is 0.399 e. The van der Waals surface area contributed by atoms with Crippen LogP contribution < -0.4 is 5.73 Å².